The van der Waals surface area contributed by atoms with Gasteiger partial charge in [0.2, 0.25) is 0 Å². The van der Waals surface area contributed by atoms with E-state index in [4.69, 9.17) is 10.5 Å². The maximum atomic E-state index is 5.46. The van der Waals surface area contributed by atoms with Crippen LogP contribution >= 0.6 is 15.9 Å². The SMILES string of the molecule is NCCC1=NC(c2ccccc2Br)CO1. The number of nitrogens with zero attached hydrogens (tertiary/aromatic N) is 1. The van der Waals surface area contributed by atoms with E-state index in [0.717, 1.165) is 16.8 Å². The van der Waals surface area contributed by atoms with Gasteiger partial charge in [0, 0.05) is 17.4 Å². The molecule has 80 valence electrons. The molecule has 15 heavy (non-hydrogen) atoms. The minimum Gasteiger partial charge on any atom is -0.478 e. The molecule has 1 aromatic carbocycles. The van der Waals surface area contributed by atoms with Gasteiger partial charge in [0.25, 0.3) is 0 Å². The predicted molar refractivity (Wildman–Crippen MR) is 63.9 cm³/mol. The van der Waals surface area contributed by atoms with Crippen LogP contribution in [0.2, 0.25) is 0 Å². The number of ether oxygens (including phenoxy) is 1. The van der Waals surface area contributed by atoms with Crippen molar-refractivity contribution in [3.63, 3.8) is 0 Å². The number of benzene rings is 1. The summed E-state index contributed by atoms with van der Waals surface area (Å²) in [5, 5.41) is 0. The molecule has 1 atom stereocenters. The summed E-state index contributed by atoms with van der Waals surface area (Å²) in [6, 6.07) is 8.20. The topological polar surface area (TPSA) is 47.6 Å². The molecule has 0 fully saturated rings. The van der Waals surface area contributed by atoms with E-state index in [1.54, 1.807) is 0 Å². The van der Waals surface area contributed by atoms with Gasteiger partial charge in [0.05, 0.1) is 0 Å². The third-order valence-electron chi connectivity index (χ3n) is 2.33. The fourth-order valence-electron chi connectivity index (χ4n) is 1.59. The van der Waals surface area contributed by atoms with Crippen LogP contribution < -0.4 is 5.73 Å². The van der Waals surface area contributed by atoms with E-state index in [1.807, 2.05) is 18.2 Å². The van der Waals surface area contributed by atoms with E-state index >= 15 is 0 Å². The molecular weight excluding hydrogens is 256 g/mol. The highest BCUT2D eigenvalue weighted by Crippen LogP contribution is 2.29. The molecule has 4 heteroatoms. The fourth-order valence-corrected chi connectivity index (χ4v) is 2.14. The first-order chi connectivity index (χ1) is 7.31. The zero-order chi connectivity index (χ0) is 10.7. The summed E-state index contributed by atoms with van der Waals surface area (Å²) in [7, 11) is 0. The molecule has 1 aliphatic rings. The van der Waals surface area contributed by atoms with Crippen LogP contribution in [0.4, 0.5) is 0 Å². The van der Waals surface area contributed by atoms with Gasteiger partial charge in [-0.3, -0.25) is 0 Å². The van der Waals surface area contributed by atoms with Gasteiger partial charge in [-0.2, -0.15) is 0 Å². The monoisotopic (exact) mass is 268 g/mol. The van der Waals surface area contributed by atoms with E-state index in [9.17, 15) is 0 Å². The highest BCUT2D eigenvalue weighted by atomic mass is 79.9. The zero-order valence-corrected chi connectivity index (χ0v) is 9.90. The number of hydrogen-bond acceptors (Lipinski definition) is 3. The molecule has 0 aromatic heterocycles. The van der Waals surface area contributed by atoms with Gasteiger partial charge in [0.15, 0.2) is 5.90 Å². The van der Waals surface area contributed by atoms with Crippen LogP contribution in [-0.2, 0) is 4.74 Å². The van der Waals surface area contributed by atoms with Crippen LogP contribution in [0, 0.1) is 0 Å². The predicted octanol–water partition coefficient (Wildman–Crippen LogP) is 2.27. The number of nitrogens with two attached hydrogens (primary N) is 1. The number of rotatable bonds is 3. The van der Waals surface area contributed by atoms with Gasteiger partial charge in [-0.1, -0.05) is 34.1 Å². The Morgan fingerprint density at radius 2 is 2.27 bits per heavy atom. The molecule has 1 heterocycles. The summed E-state index contributed by atoms with van der Waals surface area (Å²) in [5.41, 5.74) is 6.62. The molecule has 0 saturated heterocycles. The second-order valence-electron chi connectivity index (χ2n) is 3.41. The minimum atomic E-state index is 0.113. The van der Waals surface area contributed by atoms with Gasteiger partial charge < -0.3 is 10.5 Å². The van der Waals surface area contributed by atoms with E-state index in [-0.39, 0.29) is 6.04 Å². The molecule has 1 unspecified atom stereocenters. The molecule has 1 aromatic rings. The Balaban J connectivity index is 2.17. The van der Waals surface area contributed by atoms with E-state index in [2.05, 4.69) is 27.0 Å². The normalized spacial score (nSPS) is 19.9. The van der Waals surface area contributed by atoms with Crippen molar-refractivity contribution < 1.29 is 4.74 Å². The van der Waals surface area contributed by atoms with Crippen LogP contribution in [0.25, 0.3) is 0 Å². The van der Waals surface area contributed by atoms with E-state index in [1.165, 1.54) is 5.56 Å². The maximum absolute atomic E-state index is 5.46. The second-order valence-corrected chi connectivity index (χ2v) is 4.26. The molecule has 1 aliphatic heterocycles. The third kappa shape index (κ3) is 2.38. The molecule has 0 aliphatic carbocycles. The zero-order valence-electron chi connectivity index (χ0n) is 8.32. The Morgan fingerprint density at radius 1 is 1.47 bits per heavy atom. The average Bonchev–Trinajstić information content (AvgIpc) is 2.68. The summed E-state index contributed by atoms with van der Waals surface area (Å²) in [6.45, 7) is 1.21. The van der Waals surface area contributed by atoms with Crippen molar-refractivity contribution in [3.05, 3.63) is 34.3 Å². The summed E-state index contributed by atoms with van der Waals surface area (Å²) in [5.74, 6) is 0.776. The lowest BCUT2D eigenvalue weighted by Gasteiger charge is -2.06. The minimum absolute atomic E-state index is 0.113. The van der Waals surface area contributed by atoms with Gasteiger partial charge in [-0.05, 0) is 11.6 Å². The van der Waals surface area contributed by atoms with Crippen LogP contribution in [-0.4, -0.2) is 19.0 Å². The van der Waals surface area contributed by atoms with Crippen molar-refractivity contribution in [2.45, 2.75) is 12.5 Å². The number of halogens is 1. The van der Waals surface area contributed by atoms with Gasteiger partial charge >= 0.3 is 0 Å². The first kappa shape index (κ1) is 10.6. The van der Waals surface area contributed by atoms with Gasteiger partial charge in [0.1, 0.15) is 12.6 Å². The molecule has 2 rings (SSSR count). The van der Waals surface area contributed by atoms with Crippen molar-refractivity contribution in [2.75, 3.05) is 13.2 Å². The Labute approximate surface area is 97.5 Å². The molecule has 0 bridgehead atoms. The molecule has 2 N–H and O–H groups in total. The quantitative estimate of drug-likeness (QED) is 0.915. The summed E-state index contributed by atoms with van der Waals surface area (Å²) < 4.78 is 6.54. The lowest BCUT2D eigenvalue weighted by atomic mass is 10.1. The van der Waals surface area contributed by atoms with Crippen molar-refractivity contribution in [2.24, 2.45) is 10.7 Å². The summed E-state index contributed by atoms with van der Waals surface area (Å²) >= 11 is 3.52. The highest BCUT2D eigenvalue weighted by Gasteiger charge is 2.21. The van der Waals surface area contributed by atoms with Crippen LogP contribution in [0.15, 0.2) is 33.7 Å². The lowest BCUT2D eigenvalue weighted by molar-refractivity contribution is 0.312. The van der Waals surface area contributed by atoms with Crippen molar-refractivity contribution in [3.8, 4) is 0 Å². The molecule has 0 radical (unpaired) electrons. The number of aliphatic imine (C=N–C) groups is 1. The number of hydrogen-bond donors (Lipinski definition) is 1. The largest absolute Gasteiger partial charge is 0.478 e. The first-order valence-corrected chi connectivity index (χ1v) is 5.74. The summed E-state index contributed by atoms with van der Waals surface area (Å²) in [6.07, 6.45) is 0.723. The molecule has 3 nitrogen and oxygen atoms in total. The summed E-state index contributed by atoms with van der Waals surface area (Å²) in [4.78, 5) is 4.49. The standard InChI is InChI=1S/C11H13BrN2O/c12-9-4-2-1-3-8(9)10-7-15-11(14-10)5-6-13/h1-4,10H,5-7,13H2. The maximum Gasteiger partial charge on any atom is 0.185 e. The van der Waals surface area contributed by atoms with E-state index in [0.29, 0.717) is 13.2 Å². The second kappa shape index (κ2) is 4.77. The molecule has 0 amide bonds. The molecular formula is C11H13BrN2O. The Kier molecular flexibility index (Phi) is 3.38. The Bertz CT molecular complexity index is 379. The molecule has 0 saturated carbocycles. The van der Waals surface area contributed by atoms with Crippen LogP contribution in [0.3, 0.4) is 0 Å². The van der Waals surface area contributed by atoms with Gasteiger partial charge in [-0.25, -0.2) is 4.99 Å². The Hall–Kier alpha value is -0.870. The van der Waals surface area contributed by atoms with Crippen LogP contribution in [0.5, 0.6) is 0 Å². The van der Waals surface area contributed by atoms with Crippen molar-refractivity contribution in [1.82, 2.24) is 0 Å². The smallest absolute Gasteiger partial charge is 0.185 e. The van der Waals surface area contributed by atoms with Crippen molar-refractivity contribution in [1.29, 1.82) is 0 Å². The average molecular weight is 269 g/mol. The fraction of sp³-hybridized carbons (Fsp3) is 0.364. The Morgan fingerprint density at radius 3 is 3.00 bits per heavy atom. The van der Waals surface area contributed by atoms with E-state index < -0.39 is 0 Å². The highest BCUT2D eigenvalue weighted by molar-refractivity contribution is 9.10. The molecule has 0 spiro atoms. The van der Waals surface area contributed by atoms with Crippen molar-refractivity contribution >= 4 is 21.8 Å². The lowest BCUT2D eigenvalue weighted by Crippen LogP contribution is -2.07. The van der Waals surface area contributed by atoms with Gasteiger partial charge in [-0.15, -0.1) is 0 Å². The third-order valence-corrected chi connectivity index (χ3v) is 3.05. The first-order valence-electron chi connectivity index (χ1n) is 4.95. The van der Waals surface area contributed by atoms with Crippen LogP contribution in [0.1, 0.15) is 18.0 Å².